The van der Waals surface area contributed by atoms with E-state index in [1.165, 1.54) is 31.1 Å². The van der Waals surface area contributed by atoms with Gasteiger partial charge in [0.05, 0.1) is 10.9 Å². The molecule has 0 aliphatic carbocycles. The van der Waals surface area contributed by atoms with Gasteiger partial charge in [-0.1, -0.05) is 48.0 Å². The van der Waals surface area contributed by atoms with Crippen LogP contribution in [0.4, 0.5) is 0 Å². The van der Waals surface area contributed by atoms with Crippen molar-refractivity contribution < 1.29 is 18.3 Å². The highest BCUT2D eigenvalue weighted by atomic mass is 32.2. The van der Waals surface area contributed by atoms with Crippen molar-refractivity contribution in [1.29, 1.82) is 0 Å². The zero-order chi connectivity index (χ0) is 18.6. The molecule has 0 saturated heterocycles. The maximum atomic E-state index is 12.7. The van der Waals surface area contributed by atoms with Gasteiger partial charge in [-0.2, -0.15) is 0 Å². The van der Waals surface area contributed by atoms with Gasteiger partial charge in [-0.05, 0) is 24.6 Å². The third kappa shape index (κ3) is 4.66. The maximum Gasteiger partial charge on any atom is 0.252 e. The number of hydrogen-bond donors (Lipinski definition) is 2. The minimum atomic E-state index is -3.91. The van der Waals surface area contributed by atoms with Gasteiger partial charge < -0.3 is 10.0 Å². The summed E-state index contributed by atoms with van der Waals surface area (Å²) in [6.07, 6.45) is -1.54. The van der Waals surface area contributed by atoms with E-state index in [0.29, 0.717) is 5.56 Å². The molecule has 0 spiro atoms. The smallest absolute Gasteiger partial charge is 0.252 e. The van der Waals surface area contributed by atoms with Crippen LogP contribution in [0.25, 0.3) is 0 Å². The van der Waals surface area contributed by atoms with Crippen LogP contribution >= 0.6 is 0 Å². The summed E-state index contributed by atoms with van der Waals surface area (Å²) in [5.41, 5.74) is 1.43. The van der Waals surface area contributed by atoms with E-state index < -0.39 is 28.1 Å². The average molecular weight is 362 g/mol. The fraction of sp³-hybridized carbons (Fsp3) is 0.278. The van der Waals surface area contributed by atoms with E-state index in [0.717, 1.165) is 5.56 Å². The number of aliphatic hydroxyl groups excluding tert-OH is 1. The van der Waals surface area contributed by atoms with Crippen molar-refractivity contribution in [2.24, 2.45) is 0 Å². The number of nitrogens with one attached hydrogen (secondary N) is 1. The fourth-order valence-corrected chi connectivity index (χ4v) is 3.56. The van der Waals surface area contributed by atoms with Gasteiger partial charge in [-0.25, -0.2) is 13.1 Å². The first-order valence-corrected chi connectivity index (χ1v) is 9.24. The van der Waals surface area contributed by atoms with Gasteiger partial charge >= 0.3 is 0 Å². The van der Waals surface area contributed by atoms with Gasteiger partial charge in [0.2, 0.25) is 10.0 Å². The van der Waals surface area contributed by atoms with Crippen LogP contribution in [0.1, 0.15) is 17.2 Å². The molecule has 1 amide bonds. The van der Waals surface area contributed by atoms with Gasteiger partial charge in [-0.15, -0.1) is 0 Å². The van der Waals surface area contributed by atoms with Crippen LogP contribution in [0.2, 0.25) is 0 Å². The summed E-state index contributed by atoms with van der Waals surface area (Å²) >= 11 is 0. The molecule has 0 saturated carbocycles. The molecular weight excluding hydrogens is 340 g/mol. The van der Waals surface area contributed by atoms with E-state index >= 15 is 0 Å². The van der Waals surface area contributed by atoms with Gasteiger partial charge in [0, 0.05) is 14.1 Å². The normalized spacial score (nSPS) is 13.9. The molecule has 7 heteroatoms. The van der Waals surface area contributed by atoms with Crippen LogP contribution in [0, 0.1) is 6.92 Å². The molecule has 0 unspecified atom stereocenters. The summed E-state index contributed by atoms with van der Waals surface area (Å²) < 4.78 is 27.8. The van der Waals surface area contributed by atoms with Crippen LogP contribution in [0.5, 0.6) is 0 Å². The number of nitrogens with zero attached hydrogens (tertiary/aromatic N) is 1. The number of aliphatic hydroxyl groups is 1. The van der Waals surface area contributed by atoms with E-state index in [9.17, 15) is 18.3 Å². The standard InChI is InChI=1S/C18H22N2O4S/c1-13-9-11-15(12-10-13)25(23,24)19-16(14-7-5-4-6-8-14)17(21)18(22)20(2)3/h4-12,16-17,19,21H,1-3H3/t16-,17+/m1/s1. The Morgan fingerprint density at radius 2 is 1.60 bits per heavy atom. The van der Waals surface area contributed by atoms with E-state index in [1.54, 1.807) is 42.5 Å². The summed E-state index contributed by atoms with van der Waals surface area (Å²) in [6, 6.07) is 13.8. The van der Waals surface area contributed by atoms with Crippen molar-refractivity contribution in [2.45, 2.75) is 24.0 Å². The molecule has 0 heterocycles. The molecule has 2 rings (SSSR count). The van der Waals surface area contributed by atoms with E-state index in [1.807, 2.05) is 6.92 Å². The molecule has 2 aromatic carbocycles. The zero-order valence-corrected chi connectivity index (χ0v) is 15.2. The van der Waals surface area contributed by atoms with Gasteiger partial charge in [0.15, 0.2) is 6.10 Å². The van der Waals surface area contributed by atoms with Crippen molar-refractivity contribution in [3.8, 4) is 0 Å². The number of amides is 1. The molecule has 25 heavy (non-hydrogen) atoms. The Morgan fingerprint density at radius 1 is 1.04 bits per heavy atom. The second kappa shape index (κ2) is 7.77. The predicted octanol–water partition coefficient (Wildman–Crippen LogP) is 1.46. The fourth-order valence-electron chi connectivity index (χ4n) is 2.33. The van der Waals surface area contributed by atoms with Crippen molar-refractivity contribution in [2.75, 3.05) is 14.1 Å². The second-order valence-electron chi connectivity index (χ2n) is 6.00. The molecule has 2 aromatic rings. The minimum Gasteiger partial charge on any atom is -0.381 e. The van der Waals surface area contributed by atoms with E-state index in [2.05, 4.69) is 4.72 Å². The topological polar surface area (TPSA) is 86.7 Å². The van der Waals surface area contributed by atoms with Gasteiger partial charge in [0.1, 0.15) is 0 Å². The minimum absolute atomic E-state index is 0.0727. The Balaban J connectivity index is 2.39. The number of aryl methyl sites for hydroxylation is 1. The third-order valence-corrected chi connectivity index (χ3v) is 5.24. The zero-order valence-electron chi connectivity index (χ0n) is 14.4. The molecule has 2 atom stereocenters. The maximum absolute atomic E-state index is 12.7. The van der Waals surface area contributed by atoms with Crippen LogP contribution < -0.4 is 4.72 Å². The molecule has 6 nitrogen and oxygen atoms in total. The highest BCUT2D eigenvalue weighted by molar-refractivity contribution is 7.89. The predicted molar refractivity (Wildman–Crippen MR) is 95.4 cm³/mol. The Labute approximate surface area is 148 Å². The highest BCUT2D eigenvalue weighted by Gasteiger charge is 2.32. The van der Waals surface area contributed by atoms with E-state index in [4.69, 9.17) is 0 Å². The van der Waals surface area contributed by atoms with Crippen LogP contribution in [0.15, 0.2) is 59.5 Å². The number of sulfonamides is 1. The molecule has 0 bridgehead atoms. The lowest BCUT2D eigenvalue weighted by molar-refractivity contribution is -0.138. The quantitative estimate of drug-likeness (QED) is 0.815. The summed E-state index contributed by atoms with van der Waals surface area (Å²) in [5.74, 6) is -0.583. The number of hydrogen-bond acceptors (Lipinski definition) is 4. The Bertz CT molecular complexity index is 818. The average Bonchev–Trinajstić information content (AvgIpc) is 2.59. The molecule has 0 aliphatic heterocycles. The van der Waals surface area contributed by atoms with Gasteiger partial charge in [0.25, 0.3) is 5.91 Å². The molecule has 0 aliphatic rings. The summed E-state index contributed by atoms with van der Waals surface area (Å²) in [5, 5.41) is 10.4. The van der Waals surface area contributed by atoms with Crippen molar-refractivity contribution in [3.63, 3.8) is 0 Å². The molecule has 0 fully saturated rings. The molecule has 0 radical (unpaired) electrons. The Hall–Kier alpha value is -2.22. The van der Waals surface area contributed by atoms with Crippen molar-refractivity contribution >= 4 is 15.9 Å². The van der Waals surface area contributed by atoms with Crippen molar-refractivity contribution in [1.82, 2.24) is 9.62 Å². The van der Waals surface area contributed by atoms with Crippen LogP contribution in [-0.4, -0.2) is 44.5 Å². The Morgan fingerprint density at radius 3 is 2.12 bits per heavy atom. The van der Waals surface area contributed by atoms with Crippen LogP contribution in [-0.2, 0) is 14.8 Å². The van der Waals surface area contributed by atoms with Crippen LogP contribution in [0.3, 0.4) is 0 Å². The number of carbonyl (C=O) groups excluding carboxylic acids is 1. The first-order valence-electron chi connectivity index (χ1n) is 7.75. The number of carbonyl (C=O) groups is 1. The first-order chi connectivity index (χ1) is 11.7. The lowest BCUT2D eigenvalue weighted by atomic mass is 10.0. The third-order valence-electron chi connectivity index (χ3n) is 3.78. The second-order valence-corrected chi connectivity index (χ2v) is 7.71. The van der Waals surface area contributed by atoms with Gasteiger partial charge in [-0.3, -0.25) is 4.79 Å². The van der Waals surface area contributed by atoms with E-state index in [-0.39, 0.29) is 4.90 Å². The Kier molecular flexibility index (Phi) is 5.94. The summed E-state index contributed by atoms with van der Waals surface area (Å²) in [6.45, 7) is 1.86. The monoisotopic (exact) mass is 362 g/mol. The largest absolute Gasteiger partial charge is 0.381 e. The molecule has 0 aromatic heterocycles. The summed E-state index contributed by atoms with van der Waals surface area (Å²) in [7, 11) is -0.905. The molecule has 2 N–H and O–H groups in total. The molecule has 134 valence electrons. The lowest BCUT2D eigenvalue weighted by Crippen LogP contribution is -2.44. The number of likely N-dealkylation sites (N-methyl/N-ethyl adjacent to an activating group) is 1. The lowest BCUT2D eigenvalue weighted by Gasteiger charge is -2.26. The van der Waals surface area contributed by atoms with Crippen molar-refractivity contribution in [3.05, 3.63) is 65.7 Å². The number of rotatable bonds is 6. The highest BCUT2D eigenvalue weighted by Crippen LogP contribution is 2.22. The molecular formula is C18H22N2O4S. The SMILES string of the molecule is Cc1ccc(S(=O)(=O)N[C@H](c2ccccc2)[C@H](O)C(=O)N(C)C)cc1. The first kappa shape index (κ1) is 19.1. The number of benzene rings is 2. The summed E-state index contributed by atoms with van der Waals surface area (Å²) in [4.78, 5) is 13.5.